The summed E-state index contributed by atoms with van der Waals surface area (Å²) >= 11 is 3.48. The first kappa shape index (κ1) is 11.6. The number of rotatable bonds is 2. The van der Waals surface area contributed by atoms with Crippen LogP contribution in [0.1, 0.15) is 24.8 Å². The molecule has 0 saturated carbocycles. The van der Waals surface area contributed by atoms with Crippen molar-refractivity contribution in [3.8, 4) is 0 Å². The molecule has 16 heavy (non-hydrogen) atoms. The summed E-state index contributed by atoms with van der Waals surface area (Å²) in [5.74, 6) is 0.256. The van der Waals surface area contributed by atoms with Crippen molar-refractivity contribution in [2.75, 3.05) is 13.1 Å². The Bertz CT molecular complexity index is 372. The summed E-state index contributed by atoms with van der Waals surface area (Å²) in [6, 6.07) is 7.94. The Hall–Kier alpha value is -0.830. The number of piperidine rings is 1. The van der Waals surface area contributed by atoms with Crippen LogP contribution in [-0.2, 0) is 11.2 Å². The van der Waals surface area contributed by atoms with Gasteiger partial charge in [-0.05, 0) is 30.9 Å². The van der Waals surface area contributed by atoms with Gasteiger partial charge in [-0.25, -0.2) is 0 Å². The second kappa shape index (κ2) is 5.48. The van der Waals surface area contributed by atoms with Crippen LogP contribution >= 0.6 is 15.9 Å². The van der Waals surface area contributed by atoms with Crippen molar-refractivity contribution >= 4 is 21.8 Å². The lowest BCUT2D eigenvalue weighted by molar-refractivity contribution is -0.131. The molecule has 1 amide bonds. The lowest BCUT2D eigenvalue weighted by Crippen LogP contribution is -2.36. The lowest BCUT2D eigenvalue weighted by atomic mass is 10.1. The first-order valence-electron chi connectivity index (χ1n) is 5.78. The van der Waals surface area contributed by atoms with Gasteiger partial charge in [0.25, 0.3) is 0 Å². The van der Waals surface area contributed by atoms with Crippen LogP contribution < -0.4 is 0 Å². The van der Waals surface area contributed by atoms with E-state index in [2.05, 4.69) is 15.9 Å². The lowest BCUT2D eigenvalue weighted by Gasteiger charge is -2.26. The summed E-state index contributed by atoms with van der Waals surface area (Å²) in [4.78, 5) is 14.0. The average molecular weight is 282 g/mol. The van der Waals surface area contributed by atoms with Crippen molar-refractivity contribution < 1.29 is 4.79 Å². The number of carbonyl (C=O) groups is 1. The Morgan fingerprint density at radius 2 is 1.88 bits per heavy atom. The fraction of sp³-hybridized carbons (Fsp3) is 0.462. The zero-order valence-corrected chi connectivity index (χ0v) is 10.9. The van der Waals surface area contributed by atoms with Crippen LogP contribution in [0.4, 0.5) is 0 Å². The molecule has 0 atom stereocenters. The predicted octanol–water partition coefficient (Wildman–Crippen LogP) is 3.00. The van der Waals surface area contributed by atoms with E-state index in [1.165, 1.54) is 6.42 Å². The van der Waals surface area contributed by atoms with Gasteiger partial charge in [0.1, 0.15) is 0 Å². The monoisotopic (exact) mass is 281 g/mol. The molecule has 1 aliphatic rings. The van der Waals surface area contributed by atoms with Crippen molar-refractivity contribution in [2.45, 2.75) is 25.7 Å². The SMILES string of the molecule is O=C(Cc1ccccc1Br)N1CCCCC1. The van der Waals surface area contributed by atoms with Gasteiger partial charge in [0.2, 0.25) is 5.91 Å². The zero-order valence-electron chi connectivity index (χ0n) is 9.29. The molecule has 0 N–H and O–H groups in total. The molecular formula is C13H16BrNO. The molecule has 0 spiro atoms. The second-order valence-electron chi connectivity index (χ2n) is 4.21. The number of likely N-dealkylation sites (tertiary alicyclic amines) is 1. The Kier molecular flexibility index (Phi) is 3.99. The van der Waals surface area contributed by atoms with Crippen LogP contribution in [-0.4, -0.2) is 23.9 Å². The molecule has 1 saturated heterocycles. The molecule has 3 heteroatoms. The summed E-state index contributed by atoms with van der Waals surface area (Å²) in [5, 5.41) is 0. The van der Waals surface area contributed by atoms with Crippen LogP contribution in [0, 0.1) is 0 Å². The van der Waals surface area contributed by atoms with Gasteiger partial charge < -0.3 is 4.90 Å². The fourth-order valence-electron chi connectivity index (χ4n) is 2.06. The first-order chi connectivity index (χ1) is 7.77. The fourth-order valence-corrected chi connectivity index (χ4v) is 2.48. The minimum Gasteiger partial charge on any atom is -0.342 e. The van der Waals surface area contributed by atoms with E-state index in [0.717, 1.165) is 36.0 Å². The van der Waals surface area contributed by atoms with E-state index in [1.54, 1.807) is 0 Å². The number of nitrogens with zero attached hydrogens (tertiary/aromatic N) is 1. The minimum absolute atomic E-state index is 0.256. The summed E-state index contributed by atoms with van der Waals surface area (Å²) in [5.41, 5.74) is 1.08. The molecule has 1 heterocycles. The van der Waals surface area contributed by atoms with Crippen LogP contribution in [0.25, 0.3) is 0 Å². The van der Waals surface area contributed by atoms with Crippen molar-refractivity contribution in [1.82, 2.24) is 4.90 Å². The van der Waals surface area contributed by atoms with Gasteiger partial charge in [-0.15, -0.1) is 0 Å². The molecule has 0 radical (unpaired) electrons. The summed E-state index contributed by atoms with van der Waals surface area (Å²) in [7, 11) is 0. The van der Waals surface area contributed by atoms with E-state index >= 15 is 0 Å². The summed E-state index contributed by atoms with van der Waals surface area (Å²) < 4.78 is 1.03. The van der Waals surface area contributed by atoms with Crippen molar-refractivity contribution in [1.29, 1.82) is 0 Å². The third kappa shape index (κ3) is 2.85. The standard InChI is InChI=1S/C13H16BrNO/c14-12-7-3-2-6-11(12)10-13(16)15-8-4-1-5-9-15/h2-3,6-7H,1,4-5,8-10H2. The van der Waals surface area contributed by atoms with E-state index in [1.807, 2.05) is 29.2 Å². The second-order valence-corrected chi connectivity index (χ2v) is 5.06. The van der Waals surface area contributed by atoms with E-state index in [4.69, 9.17) is 0 Å². The molecular weight excluding hydrogens is 266 g/mol. The van der Waals surface area contributed by atoms with E-state index in [9.17, 15) is 4.79 Å². The molecule has 0 bridgehead atoms. The van der Waals surface area contributed by atoms with E-state index < -0.39 is 0 Å². The van der Waals surface area contributed by atoms with Gasteiger partial charge in [0.15, 0.2) is 0 Å². The highest BCUT2D eigenvalue weighted by Gasteiger charge is 2.17. The Morgan fingerprint density at radius 3 is 2.56 bits per heavy atom. The normalized spacial score (nSPS) is 16.2. The zero-order chi connectivity index (χ0) is 11.4. The summed E-state index contributed by atoms with van der Waals surface area (Å²) in [6.07, 6.45) is 4.09. The average Bonchev–Trinajstić information content (AvgIpc) is 2.33. The maximum atomic E-state index is 12.0. The Morgan fingerprint density at radius 1 is 1.19 bits per heavy atom. The molecule has 1 aromatic rings. The Labute approximate surface area is 105 Å². The Balaban J connectivity index is 1.99. The molecule has 86 valence electrons. The van der Waals surface area contributed by atoms with Crippen molar-refractivity contribution in [3.05, 3.63) is 34.3 Å². The third-order valence-corrected chi connectivity index (χ3v) is 3.78. The number of amides is 1. The highest BCUT2D eigenvalue weighted by molar-refractivity contribution is 9.10. The van der Waals surface area contributed by atoms with Gasteiger partial charge in [-0.3, -0.25) is 4.79 Å². The number of hydrogen-bond donors (Lipinski definition) is 0. The van der Waals surface area contributed by atoms with E-state index in [-0.39, 0.29) is 5.91 Å². The molecule has 1 aromatic carbocycles. The van der Waals surface area contributed by atoms with Gasteiger partial charge in [-0.2, -0.15) is 0 Å². The number of benzene rings is 1. The number of carbonyl (C=O) groups excluding carboxylic acids is 1. The van der Waals surface area contributed by atoms with Gasteiger partial charge >= 0.3 is 0 Å². The first-order valence-corrected chi connectivity index (χ1v) is 6.58. The smallest absolute Gasteiger partial charge is 0.227 e. The molecule has 1 aliphatic heterocycles. The molecule has 0 unspecified atom stereocenters. The molecule has 2 nitrogen and oxygen atoms in total. The minimum atomic E-state index is 0.256. The maximum absolute atomic E-state index is 12.0. The number of hydrogen-bond acceptors (Lipinski definition) is 1. The van der Waals surface area contributed by atoms with Crippen LogP contribution in [0.2, 0.25) is 0 Å². The maximum Gasteiger partial charge on any atom is 0.227 e. The van der Waals surface area contributed by atoms with Gasteiger partial charge in [0.05, 0.1) is 6.42 Å². The van der Waals surface area contributed by atoms with Crippen LogP contribution in [0.3, 0.4) is 0 Å². The third-order valence-electron chi connectivity index (χ3n) is 3.01. The highest BCUT2D eigenvalue weighted by Crippen LogP contribution is 2.18. The molecule has 0 aromatic heterocycles. The molecule has 1 fully saturated rings. The molecule has 2 rings (SSSR count). The van der Waals surface area contributed by atoms with Gasteiger partial charge in [-0.1, -0.05) is 34.1 Å². The van der Waals surface area contributed by atoms with Crippen molar-refractivity contribution in [3.63, 3.8) is 0 Å². The largest absolute Gasteiger partial charge is 0.342 e. The quantitative estimate of drug-likeness (QED) is 0.816. The topological polar surface area (TPSA) is 20.3 Å². The highest BCUT2D eigenvalue weighted by atomic mass is 79.9. The predicted molar refractivity (Wildman–Crippen MR) is 68.3 cm³/mol. The summed E-state index contributed by atoms with van der Waals surface area (Å²) in [6.45, 7) is 1.87. The van der Waals surface area contributed by atoms with Gasteiger partial charge in [0, 0.05) is 17.6 Å². The number of halogens is 1. The van der Waals surface area contributed by atoms with Crippen LogP contribution in [0.15, 0.2) is 28.7 Å². The van der Waals surface area contributed by atoms with E-state index in [0.29, 0.717) is 6.42 Å². The van der Waals surface area contributed by atoms with Crippen LogP contribution in [0.5, 0.6) is 0 Å². The van der Waals surface area contributed by atoms with Crippen molar-refractivity contribution in [2.24, 2.45) is 0 Å². The molecule has 0 aliphatic carbocycles.